The molecular weight excluding hydrogens is 232 g/mol. The van der Waals surface area contributed by atoms with Crippen LogP contribution in [0, 0.1) is 0 Å². The zero-order chi connectivity index (χ0) is 11.9. The molecule has 1 aromatic carbocycles. The van der Waals surface area contributed by atoms with Crippen LogP contribution in [0.3, 0.4) is 0 Å². The normalized spacial score (nSPS) is 10.6. The van der Waals surface area contributed by atoms with Gasteiger partial charge < -0.3 is 10.1 Å². The van der Waals surface area contributed by atoms with E-state index in [0.29, 0.717) is 6.61 Å². The van der Waals surface area contributed by atoms with E-state index in [9.17, 15) is 0 Å². The maximum absolute atomic E-state index is 5.08. The zero-order valence-electron chi connectivity index (χ0n) is 9.85. The Morgan fingerprint density at radius 3 is 2.59 bits per heavy atom. The summed E-state index contributed by atoms with van der Waals surface area (Å²) < 4.78 is 5.08. The van der Waals surface area contributed by atoms with Crippen molar-refractivity contribution in [2.45, 2.75) is 19.7 Å². The third-order valence-corrected chi connectivity index (χ3v) is 3.23. The highest BCUT2D eigenvalue weighted by Crippen LogP contribution is 2.07. The lowest BCUT2D eigenvalue weighted by Gasteiger charge is -2.04. The van der Waals surface area contributed by atoms with E-state index < -0.39 is 0 Å². The van der Waals surface area contributed by atoms with Gasteiger partial charge in [-0.15, -0.1) is 11.3 Å². The average molecular weight is 248 g/mol. The average Bonchev–Trinajstić information content (AvgIpc) is 2.85. The summed E-state index contributed by atoms with van der Waals surface area (Å²) in [5.41, 5.74) is 4.35. The van der Waals surface area contributed by atoms with E-state index in [2.05, 4.69) is 34.6 Å². The van der Waals surface area contributed by atoms with E-state index in [4.69, 9.17) is 4.74 Å². The summed E-state index contributed by atoms with van der Waals surface area (Å²) in [5, 5.41) is 3.39. The molecule has 0 amide bonds. The van der Waals surface area contributed by atoms with Crippen molar-refractivity contribution in [1.29, 1.82) is 0 Å². The van der Waals surface area contributed by atoms with Crippen LogP contribution >= 0.6 is 11.3 Å². The number of hydrogen-bond donors (Lipinski definition) is 1. The van der Waals surface area contributed by atoms with E-state index in [0.717, 1.165) is 13.1 Å². The highest BCUT2D eigenvalue weighted by Gasteiger charge is 1.96. The first-order chi connectivity index (χ1) is 8.38. The Morgan fingerprint density at radius 1 is 1.18 bits per heavy atom. The molecule has 0 unspecified atom stereocenters. The number of thiazole rings is 1. The van der Waals surface area contributed by atoms with Crippen molar-refractivity contribution in [3.8, 4) is 0 Å². The van der Waals surface area contributed by atoms with Gasteiger partial charge in [-0.05, 0) is 11.1 Å². The number of rotatable bonds is 6. The first-order valence-electron chi connectivity index (χ1n) is 5.53. The molecule has 0 aliphatic rings. The first-order valence-corrected chi connectivity index (χ1v) is 6.41. The SMILES string of the molecule is COCc1ccc(CNCc2cncs2)cc1. The van der Waals surface area contributed by atoms with Gasteiger partial charge in [0.05, 0.1) is 12.1 Å². The second-order valence-corrected chi connectivity index (χ2v) is 4.79. The van der Waals surface area contributed by atoms with E-state index in [1.807, 2.05) is 11.7 Å². The summed E-state index contributed by atoms with van der Waals surface area (Å²) in [5.74, 6) is 0. The number of aromatic nitrogens is 1. The van der Waals surface area contributed by atoms with Crippen LogP contribution in [0.1, 0.15) is 16.0 Å². The van der Waals surface area contributed by atoms with Crippen LogP contribution in [0.2, 0.25) is 0 Å². The van der Waals surface area contributed by atoms with Gasteiger partial charge in [0, 0.05) is 31.3 Å². The Hall–Kier alpha value is -1.23. The molecule has 0 aliphatic heterocycles. The smallest absolute Gasteiger partial charge is 0.0794 e. The maximum Gasteiger partial charge on any atom is 0.0794 e. The highest BCUT2D eigenvalue weighted by atomic mass is 32.1. The molecule has 0 atom stereocenters. The van der Waals surface area contributed by atoms with Crippen molar-refractivity contribution in [3.05, 3.63) is 52.0 Å². The Labute approximate surface area is 105 Å². The van der Waals surface area contributed by atoms with Crippen LogP contribution in [-0.2, 0) is 24.4 Å². The Balaban J connectivity index is 1.79. The molecule has 0 spiro atoms. The molecule has 3 nitrogen and oxygen atoms in total. The van der Waals surface area contributed by atoms with Gasteiger partial charge in [0.1, 0.15) is 0 Å². The molecule has 0 saturated carbocycles. The lowest BCUT2D eigenvalue weighted by molar-refractivity contribution is 0.185. The molecule has 1 aromatic heterocycles. The first kappa shape index (κ1) is 12.2. The molecule has 2 aromatic rings. The third kappa shape index (κ3) is 3.93. The minimum absolute atomic E-state index is 0.675. The Bertz CT molecular complexity index is 425. The maximum atomic E-state index is 5.08. The van der Waals surface area contributed by atoms with Crippen LogP contribution in [0.15, 0.2) is 36.0 Å². The van der Waals surface area contributed by atoms with Gasteiger partial charge >= 0.3 is 0 Å². The number of hydrogen-bond acceptors (Lipinski definition) is 4. The second kappa shape index (κ2) is 6.49. The molecule has 90 valence electrons. The van der Waals surface area contributed by atoms with Crippen LogP contribution in [0.4, 0.5) is 0 Å². The summed E-state index contributed by atoms with van der Waals surface area (Å²) in [6.07, 6.45) is 1.90. The number of methoxy groups -OCH3 is 1. The van der Waals surface area contributed by atoms with Gasteiger partial charge in [-0.25, -0.2) is 0 Å². The number of ether oxygens (including phenoxy) is 1. The summed E-state index contributed by atoms with van der Waals surface area (Å²) in [7, 11) is 1.71. The van der Waals surface area contributed by atoms with E-state index in [1.165, 1.54) is 16.0 Å². The fraction of sp³-hybridized carbons (Fsp3) is 0.308. The van der Waals surface area contributed by atoms with Gasteiger partial charge in [-0.1, -0.05) is 24.3 Å². The van der Waals surface area contributed by atoms with Crippen molar-refractivity contribution in [1.82, 2.24) is 10.3 Å². The van der Waals surface area contributed by atoms with Gasteiger partial charge in [0.15, 0.2) is 0 Å². The number of nitrogens with zero attached hydrogens (tertiary/aromatic N) is 1. The van der Waals surface area contributed by atoms with Crippen molar-refractivity contribution in [2.24, 2.45) is 0 Å². The molecule has 0 fully saturated rings. The lowest BCUT2D eigenvalue weighted by Crippen LogP contribution is -2.11. The Morgan fingerprint density at radius 2 is 1.94 bits per heavy atom. The summed E-state index contributed by atoms with van der Waals surface area (Å²) in [4.78, 5) is 5.31. The molecule has 0 radical (unpaired) electrons. The summed E-state index contributed by atoms with van der Waals surface area (Å²) >= 11 is 1.68. The molecule has 0 bridgehead atoms. The van der Waals surface area contributed by atoms with Gasteiger partial charge in [0.25, 0.3) is 0 Å². The molecule has 4 heteroatoms. The predicted octanol–water partition coefficient (Wildman–Crippen LogP) is 2.58. The second-order valence-electron chi connectivity index (χ2n) is 3.82. The molecule has 1 N–H and O–H groups in total. The molecule has 2 rings (SSSR count). The molecule has 17 heavy (non-hydrogen) atoms. The quantitative estimate of drug-likeness (QED) is 0.853. The highest BCUT2D eigenvalue weighted by molar-refractivity contribution is 7.09. The standard InChI is InChI=1S/C13H16N2OS/c1-16-9-12-4-2-11(3-5-12)6-14-7-13-8-15-10-17-13/h2-5,8,10,14H,6-7,9H2,1H3. The van der Waals surface area contributed by atoms with Crippen LogP contribution in [0.25, 0.3) is 0 Å². The summed E-state index contributed by atoms with van der Waals surface area (Å²) in [6.45, 7) is 2.43. The molecule has 0 saturated heterocycles. The molecule has 0 aliphatic carbocycles. The van der Waals surface area contributed by atoms with E-state index in [1.54, 1.807) is 18.4 Å². The number of nitrogens with one attached hydrogen (secondary N) is 1. The largest absolute Gasteiger partial charge is 0.380 e. The minimum Gasteiger partial charge on any atom is -0.380 e. The third-order valence-electron chi connectivity index (χ3n) is 2.45. The monoisotopic (exact) mass is 248 g/mol. The van der Waals surface area contributed by atoms with Crippen molar-refractivity contribution in [2.75, 3.05) is 7.11 Å². The van der Waals surface area contributed by atoms with E-state index in [-0.39, 0.29) is 0 Å². The van der Waals surface area contributed by atoms with Crippen LogP contribution in [-0.4, -0.2) is 12.1 Å². The van der Waals surface area contributed by atoms with E-state index >= 15 is 0 Å². The van der Waals surface area contributed by atoms with Crippen molar-refractivity contribution in [3.63, 3.8) is 0 Å². The van der Waals surface area contributed by atoms with Crippen molar-refractivity contribution < 1.29 is 4.74 Å². The molecular formula is C13H16N2OS. The molecule has 1 heterocycles. The fourth-order valence-electron chi connectivity index (χ4n) is 1.58. The zero-order valence-corrected chi connectivity index (χ0v) is 10.7. The minimum atomic E-state index is 0.675. The van der Waals surface area contributed by atoms with Crippen LogP contribution < -0.4 is 5.32 Å². The fourth-order valence-corrected chi connectivity index (χ4v) is 2.14. The van der Waals surface area contributed by atoms with Crippen molar-refractivity contribution >= 4 is 11.3 Å². The Kier molecular flexibility index (Phi) is 4.67. The summed E-state index contributed by atoms with van der Waals surface area (Å²) in [6, 6.07) is 8.47. The van der Waals surface area contributed by atoms with Gasteiger partial charge in [-0.3, -0.25) is 4.98 Å². The van der Waals surface area contributed by atoms with Crippen LogP contribution in [0.5, 0.6) is 0 Å². The topological polar surface area (TPSA) is 34.1 Å². The lowest BCUT2D eigenvalue weighted by atomic mass is 10.1. The van der Waals surface area contributed by atoms with Gasteiger partial charge in [-0.2, -0.15) is 0 Å². The van der Waals surface area contributed by atoms with Gasteiger partial charge in [0.2, 0.25) is 0 Å². The predicted molar refractivity (Wildman–Crippen MR) is 69.8 cm³/mol. The number of benzene rings is 1.